The van der Waals surface area contributed by atoms with Gasteiger partial charge >= 0.3 is 0 Å². The average Bonchev–Trinajstić information content (AvgIpc) is 2.82. The summed E-state index contributed by atoms with van der Waals surface area (Å²) in [7, 11) is 0. The fourth-order valence-electron chi connectivity index (χ4n) is 2.92. The smallest absolute Gasteiger partial charge is 0.0784 e. The van der Waals surface area contributed by atoms with Crippen LogP contribution in [0.25, 0.3) is 0 Å². The van der Waals surface area contributed by atoms with Crippen molar-refractivity contribution in [2.24, 2.45) is 4.99 Å². The maximum absolute atomic E-state index is 6.20. The van der Waals surface area contributed by atoms with Gasteiger partial charge in [-0.25, -0.2) is 0 Å². The van der Waals surface area contributed by atoms with Crippen LogP contribution in [0, 0.1) is 0 Å². The van der Waals surface area contributed by atoms with Gasteiger partial charge in [0.1, 0.15) is 0 Å². The third-order valence-electron chi connectivity index (χ3n) is 4.17. The van der Waals surface area contributed by atoms with Crippen LogP contribution in [0.3, 0.4) is 0 Å². The van der Waals surface area contributed by atoms with Crippen molar-refractivity contribution in [2.45, 2.75) is 16.6 Å². The predicted molar refractivity (Wildman–Crippen MR) is 109 cm³/mol. The molecule has 3 aromatic rings. The average molecular weight is 384 g/mol. The fraction of sp³-hybridized carbons (Fsp3) is 0.0952. The normalized spacial score (nSPS) is 16.7. The van der Waals surface area contributed by atoms with E-state index in [-0.39, 0.29) is 5.25 Å². The summed E-state index contributed by atoms with van der Waals surface area (Å²) < 4.78 is 0. The van der Waals surface area contributed by atoms with Gasteiger partial charge in [0.15, 0.2) is 0 Å². The van der Waals surface area contributed by atoms with E-state index in [0.717, 1.165) is 33.3 Å². The van der Waals surface area contributed by atoms with E-state index in [4.69, 9.17) is 28.2 Å². The monoisotopic (exact) mass is 383 g/mol. The van der Waals surface area contributed by atoms with Gasteiger partial charge in [0.2, 0.25) is 0 Å². The van der Waals surface area contributed by atoms with Crippen LogP contribution in [0.2, 0.25) is 10.0 Å². The summed E-state index contributed by atoms with van der Waals surface area (Å²) in [4.78, 5) is 6.10. The Kier molecular flexibility index (Phi) is 4.85. The lowest BCUT2D eigenvalue weighted by molar-refractivity contribution is 1.01. The van der Waals surface area contributed by atoms with E-state index in [1.807, 2.05) is 54.2 Å². The molecule has 0 spiro atoms. The van der Waals surface area contributed by atoms with Gasteiger partial charge in [-0.2, -0.15) is 0 Å². The van der Waals surface area contributed by atoms with Crippen LogP contribution in [-0.2, 0) is 0 Å². The van der Waals surface area contributed by atoms with Gasteiger partial charge in [-0.15, -0.1) is 11.8 Å². The Morgan fingerprint density at radius 1 is 0.840 bits per heavy atom. The maximum atomic E-state index is 6.20. The molecule has 3 aromatic carbocycles. The van der Waals surface area contributed by atoms with Gasteiger partial charge in [0.05, 0.1) is 5.69 Å². The Morgan fingerprint density at radius 3 is 2.32 bits per heavy atom. The lowest BCUT2D eigenvalue weighted by atomic mass is 10.0. The van der Waals surface area contributed by atoms with E-state index >= 15 is 0 Å². The standard InChI is InChI=1S/C21H15Cl2NS/c22-16-8-6-15(7-9-16)21-13-18(14-4-2-1-3-5-14)24-19-12-17(23)10-11-20(19)25-21/h1-12,21H,13H2. The van der Waals surface area contributed by atoms with Gasteiger partial charge in [-0.05, 0) is 41.5 Å². The summed E-state index contributed by atoms with van der Waals surface area (Å²) in [5.41, 5.74) is 4.41. The molecule has 25 heavy (non-hydrogen) atoms. The van der Waals surface area contributed by atoms with Crippen molar-refractivity contribution < 1.29 is 0 Å². The van der Waals surface area contributed by atoms with E-state index in [0.29, 0.717) is 5.02 Å². The second kappa shape index (κ2) is 7.25. The number of nitrogens with zero attached hydrogens (tertiary/aromatic N) is 1. The summed E-state index contributed by atoms with van der Waals surface area (Å²) in [5.74, 6) is 0. The molecule has 4 heteroatoms. The van der Waals surface area contributed by atoms with Crippen LogP contribution in [0.15, 0.2) is 82.7 Å². The van der Waals surface area contributed by atoms with Gasteiger partial charge in [-0.1, -0.05) is 65.7 Å². The molecular weight excluding hydrogens is 369 g/mol. The summed E-state index contributed by atoms with van der Waals surface area (Å²) in [5, 5.41) is 1.74. The van der Waals surface area contributed by atoms with Crippen LogP contribution in [0.5, 0.6) is 0 Å². The van der Waals surface area contributed by atoms with Crippen LogP contribution in [0.1, 0.15) is 22.8 Å². The first-order valence-electron chi connectivity index (χ1n) is 8.04. The minimum atomic E-state index is 0.277. The number of hydrogen-bond acceptors (Lipinski definition) is 2. The van der Waals surface area contributed by atoms with E-state index in [1.165, 1.54) is 5.56 Å². The lowest BCUT2D eigenvalue weighted by Gasteiger charge is -2.16. The molecule has 0 saturated heterocycles. The molecule has 124 valence electrons. The van der Waals surface area contributed by atoms with Crippen molar-refractivity contribution in [1.29, 1.82) is 0 Å². The molecule has 4 rings (SSSR count). The van der Waals surface area contributed by atoms with Crippen LogP contribution < -0.4 is 0 Å². The van der Waals surface area contributed by atoms with Crippen LogP contribution in [0.4, 0.5) is 5.69 Å². The molecule has 1 aliphatic heterocycles. The zero-order chi connectivity index (χ0) is 17.2. The highest BCUT2D eigenvalue weighted by Gasteiger charge is 2.22. The summed E-state index contributed by atoms with van der Waals surface area (Å²) in [6.07, 6.45) is 0.850. The lowest BCUT2D eigenvalue weighted by Crippen LogP contribution is -2.05. The van der Waals surface area contributed by atoms with Crippen LogP contribution in [-0.4, -0.2) is 5.71 Å². The second-order valence-corrected chi connectivity index (χ2v) is 8.02. The van der Waals surface area contributed by atoms with Crippen molar-refractivity contribution in [3.05, 3.63) is 94.0 Å². The molecule has 1 aliphatic rings. The molecule has 1 atom stereocenters. The highest BCUT2D eigenvalue weighted by Crippen LogP contribution is 2.46. The molecule has 1 heterocycles. The molecule has 1 unspecified atom stereocenters. The highest BCUT2D eigenvalue weighted by molar-refractivity contribution is 7.99. The third kappa shape index (κ3) is 3.77. The highest BCUT2D eigenvalue weighted by atomic mass is 35.5. The van der Waals surface area contributed by atoms with E-state index < -0.39 is 0 Å². The number of halogens is 2. The Labute approximate surface area is 161 Å². The first kappa shape index (κ1) is 16.7. The first-order valence-corrected chi connectivity index (χ1v) is 9.67. The quantitative estimate of drug-likeness (QED) is 0.450. The zero-order valence-corrected chi connectivity index (χ0v) is 15.7. The molecule has 0 bridgehead atoms. The minimum absolute atomic E-state index is 0.277. The number of hydrogen-bond donors (Lipinski definition) is 0. The molecule has 0 radical (unpaired) electrons. The fourth-order valence-corrected chi connectivity index (χ4v) is 4.42. The predicted octanol–water partition coefficient (Wildman–Crippen LogP) is 7.35. The Hall–Kier alpha value is -1.74. The summed E-state index contributed by atoms with van der Waals surface area (Å²) >= 11 is 14.1. The summed E-state index contributed by atoms with van der Waals surface area (Å²) in [6.45, 7) is 0. The van der Waals surface area contributed by atoms with Gasteiger partial charge in [0, 0.05) is 32.3 Å². The molecular formula is C21H15Cl2NS. The molecule has 0 aromatic heterocycles. The van der Waals surface area contributed by atoms with Crippen molar-refractivity contribution >= 4 is 46.4 Å². The summed E-state index contributed by atoms with van der Waals surface area (Å²) in [6, 6.07) is 24.4. The van der Waals surface area contributed by atoms with Gasteiger partial charge in [0.25, 0.3) is 0 Å². The molecule has 0 saturated carbocycles. The van der Waals surface area contributed by atoms with E-state index in [9.17, 15) is 0 Å². The molecule has 1 nitrogen and oxygen atoms in total. The first-order chi connectivity index (χ1) is 12.2. The van der Waals surface area contributed by atoms with E-state index in [1.54, 1.807) is 0 Å². The van der Waals surface area contributed by atoms with E-state index in [2.05, 4.69) is 30.3 Å². The molecule has 0 fully saturated rings. The topological polar surface area (TPSA) is 12.4 Å². The van der Waals surface area contributed by atoms with Crippen molar-refractivity contribution in [2.75, 3.05) is 0 Å². The van der Waals surface area contributed by atoms with Crippen molar-refractivity contribution in [1.82, 2.24) is 0 Å². The minimum Gasteiger partial charge on any atom is -0.252 e. The van der Waals surface area contributed by atoms with Crippen molar-refractivity contribution in [3.8, 4) is 0 Å². The van der Waals surface area contributed by atoms with Gasteiger partial charge in [-0.3, -0.25) is 4.99 Å². The second-order valence-electron chi connectivity index (χ2n) is 5.90. The SMILES string of the molecule is Clc1ccc(C2CC(c3ccccc3)=Nc3cc(Cl)ccc3S2)cc1. The zero-order valence-electron chi connectivity index (χ0n) is 13.3. The molecule has 0 N–H and O–H groups in total. The molecule has 0 aliphatic carbocycles. The number of benzene rings is 3. The Bertz CT molecular complexity index is 920. The number of aliphatic imine (C=N–C) groups is 1. The number of thioether (sulfide) groups is 1. The number of rotatable bonds is 2. The third-order valence-corrected chi connectivity index (χ3v) is 5.98. The largest absolute Gasteiger partial charge is 0.252 e. The molecule has 0 amide bonds. The number of fused-ring (bicyclic) bond motifs is 1. The van der Waals surface area contributed by atoms with Crippen LogP contribution >= 0.6 is 35.0 Å². The Morgan fingerprint density at radius 2 is 1.56 bits per heavy atom. The maximum Gasteiger partial charge on any atom is 0.0784 e. The Balaban J connectivity index is 1.81. The van der Waals surface area contributed by atoms with Gasteiger partial charge < -0.3 is 0 Å². The van der Waals surface area contributed by atoms with Crippen molar-refractivity contribution in [3.63, 3.8) is 0 Å².